The van der Waals surface area contributed by atoms with E-state index in [0.717, 1.165) is 105 Å². The Hall–Kier alpha value is -8.28. The fraction of sp³-hybridized carbons (Fsp3) is 0. The topological polar surface area (TPSA) is 64.7 Å². The molecule has 12 rings (SSSR count). The van der Waals surface area contributed by atoms with Crippen molar-refractivity contribution in [2.75, 3.05) is 0 Å². The summed E-state index contributed by atoms with van der Waals surface area (Å²) in [6, 6.07) is 71.5. The van der Waals surface area contributed by atoms with Crippen LogP contribution in [0.15, 0.2) is 211 Å². The number of pyridine rings is 1. The number of furan rings is 1. The van der Waals surface area contributed by atoms with Crippen molar-refractivity contribution < 1.29 is 4.42 Å². The highest BCUT2D eigenvalue weighted by Gasteiger charge is 2.22. The van der Waals surface area contributed by atoms with Crippen LogP contribution in [0.3, 0.4) is 0 Å². The summed E-state index contributed by atoms with van der Waals surface area (Å²) in [7, 11) is 0. The minimum atomic E-state index is 0.627. The van der Waals surface area contributed by atoms with Crippen LogP contribution in [0, 0.1) is 0 Å². The van der Waals surface area contributed by atoms with Crippen LogP contribution in [0.4, 0.5) is 0 Å². The zero-order valence-corrected chi connectivity index (χ0v) is 32.8. The van der Waals surface area contributed by atoms with Gasteiger partial charge in [-0.1, -0.05) is 176 Å². The monoisotopic (exact) mass is 778 g/mol. The first kappa shape index (κ1) is 34.7. The van der Waals surface area contributed by atoms with E-state index >= 15 is 0 Å². The zero-order valence-electron chi connectivity index (χ0n) is 32.8. The summed E-state index contributed by atoms with van der Waals surface area (Å²) in [5.41, 5.74) is 11.9. The SMILES string of the molecule is c1ccc(-c2nc(-c3ccccc3)nc(-c3ccc(-c4cccc(-c5nc6ccccc6c6c(-c7ccccc7)c7c(cc56)oc5ccccc57)c4)c4ccccc34)n2)cc1. The van der Waals surface area contributed by atoms with E-state index in [9.17, 15) is 0 Å². The Kier molecular flexibility index (Phi) is 8.10. The Morgan fingerprint density at radius 2 is 0.820 bits per heavy atom. The highest BCUT2D eigenvalue weighted by molar-refractivity contribution is 6.27. The van der Waals surface area contributed by atoms with Crippen molar-refractivity contribution >= 4 is 54.4 Å². The lowest BCUT2D eigenvalue weighted by Crippen LogP contribution is -2.00. The quantitative estimate of drug-likeness (QED) is 0.157. The number of fused-ring (bicyclic) bond motifs is 7. The number of nitrogens with zero attached hydrogens (tertiary/aromatic N) is 4. The summed E-state index contributed by atoms with van der Waals surface area (Å²) in [6.07, 6.45) is 0. The molecule has 284 valence electrons. The van der Waals surface area contributed by atoms with Crippen molar-refractivity contribution in [2.24, 2.45) is 0 Å². The molecule has 0 bridgehead atoms. The summed E-state index contributed by atoms with van der Waals surface area (Å²) in [6.45, 7) is 0. The molecule has 0 aliphatic rings. The lowest BCUT2D eigenvalue weighted by Gasteiger charge is -2.16. The maximum atomic E-state index is 6.64. The standard InChI is InChI=1S/C56H34N4O/c1-4-17-35(18-5-1)50-51-44-27-12-14-29-47(44)57-53(46(51)34-49-52(50)45-28-13-15-30-48(45)61-49)39-24-16-23-38(33-39)40-31-32-43(42-26-11-10-25-41(40)42)56-59-54(36-19-6-2-7-20-36)58-55(60-56)37-21-8-3-9-22-37/h1-34H. The van der Waals surface area contributed by atoms with E-state index in [1.165, 1.54) is 0 Å². The van der Waals surface area contributed by atoms with Crippen LogP contribution in [0.25, 0.3) is 122 Å². The summed E-state index contributed by atoms with van der Waals surface area (Å²) >= 11 is 0. The molecule has 12 aromatic rings. The van der Waals surface area contributed by atoms with Gasteiger partial charge in [0.15, 0.2) is 17.5 Å². The van der Waals surface area contributed by atoms with Gasteiger partial charge in [-0.3, -0.25) is 0 Å². The molecule has 61 heavy (non-hydrogen) atoms. The Morgan fingerprint density at radius 3 is 1.52 bits per heavy atom. The zero-order chi connectivity index (χ0) is 40.3. The minimum Gasteiger partial charge on any atom is -0.456 e. The van der Waals surface area contributed by atoms with E-state index in [1.807, 2.05) is 66.7 Å². The van der Waals surface area contributed by atoms with Crippen LogP contribution in [-0.4, -0.2) is 19.9 Å². The van der Waals surface area contributed by atoms with Crippen molar-refractivity contribution in [3.63, 3.8) is 0 Å². The molecule has 3 heterocycles. The van der Waals surface area contributed by atoms with Gasteiger partial charge in [-0.25, -0.2) is 19.9 Å². The van der Waals surface area contributed by atoms with Crippen LogP contribution in [0.5, 0.6) is 0 Å². The molecule has 0 amide bonds. The summed E-state index contributed by atoms with van der Waals surface area (Å²) in [5, 5.41) is 7.68. The predicted molar refractivity (Wildman–Crippen MR) is 250 cm³/mol. The maximum absolute atomic E-state index is 6.64. The number of hydrogen-bond donors (Lipinski definition) is 0. The molecule has 5 heteroatoms. The second kappa shape index (κ2) is 14.2. The Labute approximate surface area is 351 Å². The highest BCUT2D eigenvalue weighted by Crippen LogP contribution is 2.47. The molecule has 0 atom stereocenters. The average Bonchev–Trinajstić information content (AvgIpc) is 3.71. The fourth-order valence-corrected chi connectivity index (χ4v) is 8.94. The van der Waals surface area contributed by atoms with E-state index in [0.29, 0.717) is 17.5 Å². The third-order valence-corrected chi connectivity index (χ3v) is 11.7. The van der Waals surface area contributed by atoms with Crippen molar-refractivity contribution in [3.05, 3.63) is 206 Å². The van der Waals surface area contributed by atoms with Gasteiger partial charge in [0, 0.05) is 54.7 Å². The summed E-state index contributed by atoms with van der Waals surface area (Å²) in [4.78, 5) is 20.5. The molecule has 0 aliphatic heterocycles. The van der Waals surface area contributed by atoms with Gasteiger partial charge in [-0.15, -0.1) is 0 Å². The van der Waals surface area contributed by atoms with Crippen molar-refractivity contribution in [3.8, 4) is 67.7 Å². The van der Waals surface area contributed by atoms with E-state index in [2.05, 4.69) is 140 Å². The first-order valence-electron chi connectivity index (χ1n) is 20.5. The lowest BCUT2D eigenvalue weighted by atomic mass is 9.89. The first-order chi connectivity index (χ1) is 30.2. The fourth-order valence-electron chi connectivity index (χ4n) is 8.94. The molecule has 0 unspecified atom stereocenters. The Balaban J connectivity index is 1.06. The van der Waals surface area contributed by atoms with Crippen molar-refractivity contribution in [1.82, 2.24) is 19.9 Å². The molecule has 0 saturated heterocycles. The molecule has 0 N–H and O–H groups in total. The molecule has 0 spiro atoms. The normalized spacial score (nSPS) is 11.6. The first-order valence-corrected chi connectivity index (χ1v) is 20.5. The minimum absolute atomic E-state index is 0.627. The smallest absolute Gasteiger partial charge is 0.164 e. The third kappa shape index (κ3) is 5.86. The predicted octanol–water partition coefficient (Wildman–Crippen LogP) is 14.6. The van der Waals surface area contributed by atoms with E-state index in [4.69, 9.17) is 24.4 Å². The van der Waals surface area contributed by atoms with Crippen molar-refractivity contribution in [2.45, 2.75) is 0 Å². The van der Waals surface area contributed by atoms with Crippen LogP contribution in [0.1, 0.15) is 0 Å². The molecular weight excluding hydrogens is 745 g/mol. The maximum Gasteiger partial charge on any atom is 0.164 e. The largest absolute Gasteiger partial charge is 0.456 e. The van der Waals surface area contributed by atoms with Gasteiger partial charge in [-0.05, 0) is 57.8 Å². The van der Waals surface area contributed by atoms with Gasteiger partial charge < -0.3 is 4.42 Å². The molecule has 0 fully saturated rings. The molecule has 3 aromatic heterocycles. The van der Waals surface area contributed by atoms with E-state index in [-0.39, 0.29) is 0 Å². The van der Waals surface area contributed by atoms with Crippen LogP contribution >= 0.6 is 0 Å². The number of para-hydroxylation sites is 2. The molecule has 0 saturated carbocycles. The lowest BCUT2D eigenvalue weighted by molar-refractivity contribution is 0.669. The second-order valence-corrected chi connectivity index (χ2v) is 15.3. The Bertz CT molecular complexity index is 3580. The molecule has 5 nitrogen and oxygen atoms in total. The van der Waals surface area contributed by atoms with E-state index < -0.39 is 0 Å². The Morgan fingerprint density at radius 1 is 0.295 bits per heavy atom. The average molecular weight is 779 g/mol. The summed E-state index contributed by atoms with van der Waals surface area (Å²) < 4.78 is 6.64. The van der Waals surface area contributed by atoms with Gasteiger partial charge in [0.1, 0.15) is 11.2 Å². The molecular formula is C56H34N4O. The molecule has 9 aromatic carbocycles. The van der Waals surface area contributed by atoms with E-state index in [1.54, 1.807) is 0 Å². The van der Waals surface area contributed by atoms with Gasteiger partial charge in [-0.2, -0.15) is 0 Å². The van der Waals surface area contributed by atoms with Gasteiger partial charge in [0.05, 0.1) is 11.2 Å². The number of benzene rings is 9. The third-order valence-electron chi connectivity index (χ3n) is 11.7. The van der Waals surface area contributed by atoms with Crippen LogP contribution in [-0.2, 0) is 0 Å². The summed E-state index contributed by atoms with van der Waals surface area (Å²) in [5.74, 6) is 1.90. The van der Waals surface area contributed by atoms with Crippen molar-refractivity contribution in [1.29, 1.82) is 0 Å². The van der Waals surface area contributed by atoms with Crippen LogP contribution < -0.4 is 0 Å². The number of aromatic nitrogens is 4. The highest BCUT2D eigenvalue weighted by atomic mass is 16.3. The molecule has 0 aliphatic carbocycles. The van der Waals surface area contributed by atoms with Crippen LogP contribution in [0.2, 0.25) is 0 Å². The molecule has 0 radical (unpaired) electrons. The number of rotatable bonds is 6. The second-order valence-electron chi connectivity index (χ2n) is 15.3. The van der Waals surface area contributed by atoms with Gasteiger partial charge in [0.25, 0.3) is 0 Å². The number of hydrogen-bond acceptors (Lipinski definition) is 5. The van der Waals surface area contributed by atoms with Gasteiger partial charge in [0.2, 0.25) is 0 Å². The van der Waals surface area contributed by atoms with Gasteiger partial charge >= 0.3 is 0 Å².